The molecule has 0 atom stereocenters. The minimum Gasteiger partial charge on any atom is -0.279 e. The van der Waals surface area contributed by atoms with Crippen molar-refractivity contribution in [1.82, 2.24) is 9.13 Å². The molecule has 0 unspecified atom stereocenters. The predicted molar refractivity (Wildman–Crippen MR) is 75.6 cm³/mol. The van der Waals surface area contributed by atoms with E-state index < -0.39 is 29.4 Å². The number of benzene rings is 1. The molecule has 1 heterocycles. The maximum Gasteiger partial charge on any atom is 0.332 e. The summed E-state index contributed by atoms with van der Waals surface area (Å²) in [6.07, 6.45) is 1.37. The first kappa shape index (κ1) is 15.2. The lowest BCUT2D eigenvalue weighted by Crippen LogP contribution is -2.39. The second-order valence-corrected chi connectivity index (χ2v) is 4.66. The van der Waals surface area contributed by atoms with Gasteiger partial charge in [-0.2, -0.15) is 0 Å². The van der Waals surface area contributed by atoms with Crippen molar-refractivity contribution in [3.8, 4) is 0 Å². The lowest BCUT2D eigenvalue weighted by Gasteiger charge is -2.12. The van der Waals surface area contributed by atoms with Crippen LogP contribution in [-0.4, -0.2) is 9.13 Å². The summed E-state index contributed by atoms with van der Waals surface area (Å²) >= 11 is 5.84. The topological polar surface area (TPSA) is 44.0 Å². The van der Waals surface area contributed by atoms with Crippen LogP contribution < -0.4 is 11.2 Å². The van der Waals surface area contributed by atoms with E-state index in [-0.39, 0.29) is 17.3 Å². The van der Waals surface area contributed by atoms with Crippen LogP contribution in [0.25, 0.3) is 0 Å². The minimum atomic E-state index is -0.792. The van der Waals surface area contributed by atoms with Gasteiger partial charge in [-0.1, -0.05) is 23.7 Å². The minimum absolute atomic E-state index is 0.0193. The first-order valence-corrected chi connectivity index (χ1v) is 6.37. The van der Waals surface area contributed by atoms with E-state index in [0.29, 0.717) is 0 Å². The van der Waals surface area contributed by atoms with Gasteiger partial charge < -0.3 is 0 Å². The van der Waals surface area contributed by atoms with Crippen LogP contribution in [0.2, 0.25) is 5.15 Å². The fraction of sp³-hybridized carbons (Fsp3) is 0.143. The predicted octanol–water partition coefficient (Wildman–Crippen LogP) is 2.18. The first-order valence-electron chi connectivity index (χ1n) is 5.99. The SMILES string of the molecule is C=CCn1c(=O)cc(Cl)n(Cc2c(F)cccc2F)c1=O. The second-order valence-electron chi connectivity index (χ2n) is 4.27. The zero-order valence-electron chi connectivity index (χ0n) is 10.9. The van der Waals surface area contributed by atoms with E-state index in [1.165, 1.54) is 12.1 Å². The molecule has 110 valence electrons. The molecule has 0 N–H and O–H groups in total. The molecule has 0 saturated carbocycles. The molecule has 2 aromatic rings. The van der Waals surface area contributed by atoms with E-state index in [1.807, 2.05) is 0 Å². The van der Waals surface area contributed by atoms with Crippen molar-refractivity contribution >= 4 is 11.6 Å². The highest BCUT2D eigenvalue weighted by molar-refractivity contribution is 6.29. The third-order valence-corrected chi connectivity index (χ3v) is 3.23. The van der Waals surface area contributed by atoms with Crippen molar-refractivity contribution in [2.75, 3.05) is 0 Å². The average Bonchev–Trinajstić information content (AvgIpc) is 2.42. The van der Waals surface area contributed by atoms with Gasteiger partial charge in [0, 0.05) is 18.2 Å². The van der Waals surface area contributed by atoms with Gasteiger partial charge in [-0.3, -0.25) is 13.9 Å². The van der Waals surface area contributed by atoms with Gasteiger partial charge in [0.05, 0.1) is 6.54 Å². The van der Waals surface area contributed by atoms with Crippen LogP contribution in [-0.2, 0) is 13.1 Å². The number of hydrogen-bond donors (Lipinski definition) is 0. The summed E-state index contributed by atoms with van der Waals surface area (Å²) in [4.78, 5) is 23.8. The molecule has 0 aliphatic rings. The molecule has 7 heteroatoms. The highest BCUT2D eigenvalue weighted by Crippen LogP contribution is 2.14. The molecule has 1 aromatic heterocycles. The van der Waals surface area contributed by atoms with Crippen LogP contribution >= 0.6 is 11.6 Å². The molecule has 2 rings (SSSR count). The van der Waals surface area contributed by atoms with Crippen LogP contribution in [0.1, 0.15) is 5.56 Å². The van der Waals surface area contributed by atoms with Crippen LogP contribution in [0.5, 0.6) is 0 Å². The summed E-state index contributed by atoms with van der Waals surface area (Å²) in [7, 11) is 0. The van der Waals surface area contributed by atoms with E-state index >= 15 is 0 Å². The fourth-order valence-corrected chi connectivity index (χ4v) is 2.10. The summed E-state index contributed by atoms with van der Waals surface area (Å²) in [5, 5.41) is -0.187. The Labute approximate surface area is 123 Å². The smallest absolute Gasteiger partial charge is 0.279 e. The lowest BCUT2D eigenvalue weighted by molar-refractivity contribution is 0.530. The van der Waals surface area contributed by atoms with Gasteiger partial charge in [0.15, 0.2) is 0 Å². The molecule has 21 heavy (non-hydrogen) atoms. The number of rotatable bonds is 4. The quantitative estimate of drug-likeness (QED) is 0.641. The number of halogens is 3. The van der Waals surface area contributed by atoms with E-state index in [4.69, 9.17) is 11.6 Å². The highest BCUT2D eigenvalue weighted by atomic mass is 35.5. The molecule has 1 aromatic carbocycles. The zero-order valence-corrected chi connectivity index (χ0v) is 11.6. The third kappa shape index (κ3) is 2.95. The lowest BCUT2D eigenvalue weighted by atomic mass is 10.2. The summed E-state index contributed by atoms with van der Waals surface area (Å²) in [5.74, 6) is -1.58. The van der Waals surface area contributed by atoms with Crippen molar-refractivity contribution in [1.29, 1.82) is 0 Å². The van der Waals surface area contributed by atoms with Crippen LogP contribution in [0.15, 0.2) is 46.5 Å². The molecule has 0 spiro atoms. The summed E-state index contributed by atoms with van der Waals surface area (Å²) in [5.41, 5.74) is -1.66. The number of allylic oxidation sites excluding steroid dienone is 1. The van der Waals surface area contributed by atoms with Crippen molar-refractivity contribution in [3.63, 3.8) is 0 Å². The normalized spacial score (nSPS) is 10.6. The monoisotopic (exact) mass is 312 g/mol. The summed E-state index contributed by atoms with van der Waals surface area (Å²) in [6, 6.07) is 4.40. The second kappa shape index (κ2) is 6.05. The fourth-order valence-electron chi connectivity index (χ4n) is 1.87. The molecule has 0 aliphatic heterocycles. The molecule has 0 radical (unpaired) electrons. The maximum absolute atomic E-state index is 13.6. The zero-order chi connectivity index (χ0) is 15.6. The van der Waals surface area contributed by atoms with Crippen molar-refractivity contribution < 1.29 is 8.78 Å². The molecule has 0 bridgehead atoms. The van der Waals surface area contributed by atoms with Crippen LogP contribution in [0.3, 0.4) is 0 Å². The average molecular weight is 313 g/mol. The maximum atomic E-state index is 13.6. The Bertz CT molecular complexity index is 791. The van der Waals surface area contributed by atoms with Crippen molar-refractivity contribution in [3.05, 3.63) is 80.1 Å². The van der Waals surface area contributed by atoms with E-state index in [2.05, 4.69) is 6.58 Å². The first-order chi connectivity index (χ1) is 9.95. The molecule has 0 aliphatic carbocycles. The molecule has 4 nitrogen and oxygen atoms in total. The Kier molecular flexibility index (Phi) is 4.37. The number of hydrogen-bond acceptors (Lipinski definition) is 2. The number of aromatic nitrogens is 2. The van der Waals surface area contributed by atoms with Gasteiger partial charge in [-0.05, 0) is 12.1 Å². The van der Waals surface area contributed by atoms with Crippen molar-refractivity contribution in [2.24, 2.45) is 0 Å². The van der Waals surface area contributed by atoms with Gasteiger partial charge in [0.1, 0.15) is 16.8 Å². The van der Waals surface area contributed by atoms with Crippen LogP contribution in [0, 0.1) is 11.6 Å². The van der Waals surface area contributed by atoms with E-state index in [0.717, 1.165) is 27.3 Å². The van der Waals surface area contributed by atoms with Crippen LogP contribution in [0.4, 0.5) is 8.78 Å². The van der Waals surface area contributed by atoms with Gasteiger partial charge in [-0.25, -0.2) is 13.6 Å². The van der Waals surface area contributed by atoms with Gasteiger partial charge in [-0.15, -0.1) is 6.58 Å². The Morgan fingerprint density at radius 3 is 2.38 bits per heavy atom. The van der Waals surface area contributed by atoms with E-state index in [9.17, 15) is 18.4 Å². The summed E-state index contributed by atoms with van der Waals surface area (Å²) < 4.78 is 29.1. The largest absolute Gasteiger partial charge is 0.332 e. The Morgan fingerprint density at radius 1 is 1.19 bits per heavy atom. The van der Waals surface area contributed by atoms with E-state index in [1.54, 1.807) is 0 Å². The molecular weight excluding hydrogens is 302 g/mol. The Hall–Kier alpha value is -2.21. The molecule has 0 saturated heterocycles. The standard InChI is InChI=1S/C14H11ClF2N2O2/c1-2-6-18-13(20)7-12(15)19(14(18)21)8-9-10(16)4-3-5-11(9)17/h2-5,7H,1,6,8H2. The molecule has 0 fully saturated rings. The summed E-state index contributed by atoms with van der Waals surface area (Å²) in [6.45, 7) is 3.01. The van der Waals surface area contributed by atoms with Gasteiger partial charge in [0.2, 0.25) is 0 Å². The molecule has 0 amide bonds. The Morgan fingerprint density at radius 2 is 1.81 bits per heavy atom. The Balaban J connectivity index is 2.60. The third-order valence-electron chi connectivity index (χ3n) is 2.92. The molecular formula is C14H11ClF2N2O2. The highest BCUT2D eigenvalue weighted by Gasteiger charge is 2.14. The van der Waals surface area contributed by atoms with Gasteiger partial charge >= 0.3 is 5.69 Å². The van der Waals surface area contributed by atoms with Gasteiger partial charge in [0.25, 0.3) is 5.56 Å². The number of nitrogens with zero attached hydrogens (tertiary/aromatic N) is 2. The van der Waals surface area contributed by atoms with Crippen molar-refractivity contribution in [2.45, 2.75) is 13.1 Å².